The van der Waals surface area contributed by atoms with Gasteiger partial charge in [0.05, 0.1) is 6.04 Å². The molecule has 18 heavy (non-hydrogen) atoms. The van der Waals surface area contributed by atoms with E-state index in [9.17, 15) is 9.90 Å². The maximum atomic E-state index is 12.2. The molecule has 1 heterocycles. The van der Waals surface area contributed by atoms with Crippen molar-refractivity contribution in [2.75, 3.05) is 6.26 Å². The zero-order chi connectivity index (χ0) is 13.1. The highest BCUT2D eigenvalue weighted by Crippen LogP contribution is 2.24. The fourth-order valence-corrected chi connectivity index (χ4v) is 2.47. The summed E-state index contributed by atoms with van der Waals surface area (Å²) in [5.41, 5.74) is 0.913. The van der Waals surface area contributed by atoms with E-state index in [-0.39, 0.29) is 17.4 Å². The molecule has 0 unspecified atom stereocenters. The van der Waals surface area contributed by atoms with Crippen molar-refractivity contribution in [3.8, 4) is 5.75 Å². The highest BCUT2D eigenvalue weighted by atomic mass is 32.2. The van der Waals surface area contributed by atoms with Gasteiger partial charge in [-0.25, -0.2) is 0 Å². The molecule has 3 nitrogen and oxygen atoms in total. The molecule has 2 rings (SSSR count). The minimum atomic E-state index is -0.154. The standard InChI is InChI=1S/C14H15NO2S/c1-10(11-6-4-3-5-7-11)15-9-8-12(16)13(18-2)14(15)17/h3-10,16H,1-2H3/t10-/m1/s1. The van der Waals surface area contributed by atoms with Gasteiger partial charge in [0, 0.05) is 6.20 Å². The Bertz CT molecular complexity index is 592. The van der Waals surface area contributed by atoms with Gasteiger partial charge in [-0.15, -0.1) is 11.8 Å². The van der Waals surface area contributed by atoms with E-state index < -0.39 is 0 Å². The van der Waals surface area contributed by atoms with Crippen molar-refractivity contribution >= 4 is 11.8 Å². The molecule has 0 aliphatic heterocycles. The Morgan fingerprint density at radius 1 is 1.22 bits per heavy atom. The fraction of sp³-hybridized carbons (Fsp3) is 0.214. The van der Waals surface area contributed by atoms with Crippen LogP contribution in [0.1, 0.15) is 18.5 Å². The van der Waals surface area contributed by atoms with Crippen LogP contribution in [-0.4, -0.2) is 15.9 Å². The van der Waals surface area contributed by atoms with Crippen LogP contribution in [0.5, 0.6) is 5.75 Å². The Hall–Kier alpha value is -1.68. The molecule has 0 saturated carbocycles. The highest BCUT2D eigenvalue weighted by molar-refractivity contribution is 7.98. The van der Waals surface area contributed by atoms with E-state index in [4.69, 9.17) is 0 Å². The van der Waals surface area contributed by atoms with Gasteiger partial charge in [-0.1, -0.05) is 30.3 Å². The molecule has 0 fully saturated rings. The molecule has 1 aromatic carbocycles. The first kappa shape index (κ1) is 12.8. The second-order valence-corrected chi connectivity index (χ2v) is 4.85. The van der Waals surface area contributed by atoms with E-state index in [0.717, 1.165) is 5.56 Å². The van der Waals surface area contributed by atoms with E-state index in [0.29, 0.717) is 4.90 Å². The minimum Gasteiger partial charge on any atom is -0.507 e. The average Bonchev–Trinajstić information content (AvgIpc) is 2.40. The van der Waals surface area contributed by atoms with Crippen LogP contribution >= 0.6 is 11.8 Å². The van der Waals surface area contributed by atoms with E-state index in [1.165, 1.54) is 11.8 Å². The quantitative estimate of drug-likeness (QED) is 0.864. The number of thioether (sulfide) groups is 1. The lowest BCUT2D eigenvalue weighted by Crippen LogP contribution is -2.24. The molecule has 0 amide bonds. The van der Waals surface area contributed by atoms with E-state index >= 15 is 0 Å². The lowest BCUT2D eigenvalue weighted by Gasteiger charge is -2.16. The molecule has 0 aliphatic rings. The molecule has 94 valence electrons. The van der Waals surface area contributed by atoms with Gasteiger partial charge in [0.2, 0.25) is 0 Å². The van der Waals surface area contributed by atoms with Gasteiger partial charge in [0.25, 0.3) is 5.56 Å². The van der Waals surface area contributed by atoms with Crippen molar-refractivity contribution in [2.24, 2.45) is 0 Å². The smallest absolute Gasteiger partial charge is 0.268 e. The summed E-state index contributed by atoms with van der Waals surface area (Å²) in [4.78, 5) is 12.6. The Morgan fingerprint density at radius 2 is 1.89 bits per heavy atom. The lowest BCUT2D eigenvalue weighted by atomic mass is 10.1. The van der Waals surface area contributed by atoms with Crippen LogP contribution in [0, 0.1) is 0 Å². The molecule has 0 radical (unpaired) electrons. The summed E-state index contributed by atoms with van der Waals surface area (Å²) in [6.45, 7) is 1.97. The minimum absolute atomic E-state index is 0.0454. The summed E-state index contributed by atoms with van der Waals surface area (Å²) in [6, 6.07) is 11.3. The summed E-state index contributed by atoms with van der Waals surface area (Å²) in [7, 11) is 0. The third kappa shape index (κ3) is 2.29. The SMILES string of the molecule is CSc1c(O)ccn([C@H](C)c2ccccc2)c1=O. The van der Waals surface area contributed by atoms with Gasteiger partial charge in [0.15, 0.2) is 0 Å². The molecule has 0 bridgehead atoms. The summed E-state index contributed by atoms with van der Waals surface area (Å²) in [5, 5.41) is 9.63. The maximum Gasteiger partial charge on any atom is 0.268 e. The van der Waals surface area contributed by atoms with Crippen LogP contribution in [0.3, 0.4) is 0 Å². The number of hydrogen-bond donors (Lipinski definition) is 1. The predicted octanol–water partition coefficient (Wildman–Crippen LogP) is 2.89. The summed E-state index contributed by atoms with van der Waals surface area (Å²) in [6.07, 6.45) is 3.42. The zero-order valence-electron chi connectivity index (χ0n) is 10.3. The molecule has 0 aliphatic carbocycles. The van der Waals surface area contributed by atoms with Gasteiger partial charge < -0.3 is 9.67 Å². The van der Waals surface area contributed by atoms with Gasteiger partial charge in [-0.3, -0.25) is 4.79 Å². The first-order chi connectivity index (χ1) is 8.65. The van der Waals surface area contributed by atoms with E-state index in [2.05, 4.69) is 0 Å². The number of aromatic hydroxyl groups is 1. The molecule has 1 aromatic heterocycles. The first-order valence-corrected chi connectivity index (χ1v) is 6.90. The zero-order valence-corrected chi connectivity index (χ0v) is 11.1. The van der Waals surface area contributed by atoms with Gasteiger partial charge >= 0.3 is 0 Å². The Morgan fingerprint density at radius 3 is 2.50 bits per heavy atom. The number of nitrogens with zero attached hydrogens (tertiary/aromatic N) is 1. The Labute approximate surface area is 110 Å². The van der Waals surface area contributed by atoms with Gasteiger partial charge in [0.1, 0.15) is 10.6 Å². The van der Waals surface area contributed by atoms with Crippen molar-refractivity contribution in [1.29, 1.82) is 0 Å². The molecule has 0 saturated heterocycles. The van der Waals surface area contributed by atoms with E-state index in [1.807, 2.05) is 37.3 Å². The number of rotatable bonds is 3. The predicted molar refractivity (Wildman–Crippen MR) is 74.4 cm³/mol. The molecule has 0 spiro atoms. The van der Waals surface area contributed by atoms with E-state index in [1.54, 1.807) is 23.1 Å². The second-order valence-electron chi connectivity index (χ2n) is 4.03. The average molecular weight is 261 g/mol. The van der Waals surface area contributed by atoms with Crippen molar-refractivity contribution in [3.05, 3.63) is 58.5 Å². The number of aromatic nitrogens is 1. The number of hydrogen-bond acceptors (Lipinski definition) is 3. The number of benzene rings is 1. The highest BCUT2D eigenvalue weighted by Gasteiger charge is 2.13. The van der Waals surface area contributed by atoms with Crippen LogP contribution in [0.15, 0.2) is 52.3 Å². The molecule has 1 N–H and O–H groups in total. The maximum absolute atomic E-state index is 12.2. The Kier molecular flexibility index (Phi) is 3.77. The largest absolute Gasteiger partial charge is 0.507 e. The molecular weight excluding hydrogens is 246 g/mol. The topological polar surface area (TPSA) is 42.2 Å². The van der Waals surface area contributed by atoms with Crippen LogP contribution < -0.4 is 5.56 Å². The van der Waals surface area contributed by atoms with Crippen LogP contribution in [-0.2, 0) is 0 Å². The third-order valence-corrected chi connectivity index (χ3v) is 3.75. The number of pyridine rings is 1. The third-order valence-electron chi connectivity index (χ3n) is 2.96. The molecule has 4 heteroatoms. The second kappa shape index (κ2) is 5.31. The molecular formula is C14H15NO2S. The lowest BCUT2D eigenvalue weighted by molar-refractivity contribution is 0.453. The molecule has 1 atom stereocenters. The van der Waals surface area contributed by atoms with Crippen molar-refractivity contribution in [2.45, 2.75) is 17.9 Å². The normalized spacial score (nSPS) is 12.3. The monoisotopic (exact) mass is 261 g/mol. The van der Waals surface area contributed by atoms with Crippen molar-refractivity contribution in [1.82, 2.24) is 4.57 Å². The van der Waals surface area contributed by atoms with Crippen LogP contribution in [0.4, 0.5) is 0 Å². The van der Waals surface area contributed by atoms with Crippen LogP contribution in [0.25, 0.3) is 0 Å². The van der Waals surface area contributed by atoms with Crippen molar-refractivity contribution in [3.63, 3.8) is 0 Å². The van der Waals surface area contributed by atoms with Crippen LogP contribution in [0.2, 0.25) is 0 Å². The first-order valence-electron chi connectivity index (χ1n) is 5.68. The Balaban J connectivity index is 2.50. The summed E-state index contributed by atoms with van der Waals surface area (Å²) < 4.78 is 1.64. The molecule has 2 aromatic rings. The summed E-state index contributed by atoms with van der Waals surface area (Å²) >= 11 is 1.27. The van der Waals surface area contributed by atoms with Crippen molar-refractivity contribution < 1.29 is 5.11 Å². The fourth-order valence-electron chi connectivity index (χ4n) is 1.91. The van der Waals surface area contributed by atoms with Gasteiger partial charge in [-0.2, -0.15) is 0 Å². The summed E-state index contributed by atoms with van der Waals surface area (Å²) in [5.74, 6) is 0.0454. The van der Waals surface area contributed by atoms with Gasteiger partial charge in [-0.05, 0) is 24.8 Å².